The minimum absolute atomic E-state index is 0.233. The molecule has 1 aromatic heterocycles. The standard InChI is InChI=1S/C13H12F3N3O4/c1-12(2,3)23-11(20)8(5-17)10-9(13(14,15)16)4-7(6-18-10)19(21)22/h4,6,8H,1-3H3. The topological polar surface area (TPSA) is 106 Å². The molecule has 7 nitrogen and oxygen atoms in total. The Bertz CT molecular complexity index is 675. The van der Waals surface area contributed by atoms with Gasteiger partial charge in [0.15, 0.2) is 5.92 Å². The number of carbonyl (C=O) groups is 1. The predicted molar refractivity (Wildman–Crippen MR) is 70.1 cm³/mol. The van der Waals surface area contributed by atoms with E-state index in [1.165, 1.54) is 26.8 Å². The Balaban J connectivity index is 3.42. The van der Waals surface area contributed by atoms with Crippen molar-refractivity contribution in [2.75, 3.05) is 0 Å². The summed E-state index contributed by atoms with van der Waals surface area (Å²) in [6.07, 6.45) is -4.47. The molecule has 1 rings (SSSR count). The monoisotopic (exact) mass is 331 g/mol. The first-order valence-electron chi connectivity index (χ1n) is 6.21. The van der Waals surface area contributed by atoms with Crippen LogP contribution in [0.1, 0.15) is 37.9 Å². The lowest BCUT2D eigenvalue weighted by Crippen LogP contribution is -2.29. The molecule has 0 aliphatic carbocycles. The van der Waals surface area contributed by atoms with E-state index >= 15 is 0 Å². The van der Waals surface area contributed by atoms with Gasteiger partial charge in [0.2, 0.25) is 0 Å². The van der Waals surface area contributed by atoms with Crippen LogP contribution in [0.2, 0.25) is 0 Å². The van der Waals surface area contributed by atoms with E-state index in [2.05, 4.69) is 4.98 Å². The summed E-state index contributed by atoms with van der Waals surface area (Å²) in [5, 5.41) is 19.6. The van der Waals surface area contributed by atoms with Crippen molar-refractivity contribution in [3.8, 4) is 6.07 Å². The molecule has 0 aliphatic heterocycles. The first kappa shape index (κ1) is 18.3. The van der Waals surface area contributed by atoms with Crippen LogP contribution in [0, 0.1) is 21.4 Å². The number of halogens is 3. The molecule has 0 saturated heterocycles. The summed E-state index contributed by atoms with van der Waals surface area (Å²) >= 11 is 0. The molecule has 0 spiro atoms. The van der Waals surface area contributed by atoms with Gasteiger partial charge in [-0.3, -0.25) is 19.9 Å². The number of nitrogens with zero attached hydrogens (tertiary/aromatic N) is 3. The van der Waals surface area contributed by atoms with Crippen LogP contribution in [-0.4, -0.2) is 21.5 Å². The highest BCUT2D eigenvalue weighted by Gasteiger charge is 2.41. The highest BCUT2D eigenvalue weighted by Crippen LogP contribution is 2.36. The average molecular weight is 331 g/mol. The third-order valence-electron chi connectivity index (χ3n) is 2.47. The number of aromatic nitrogens is 1. The molecule has 1 heterocycles. The molecule has 124 valence electrons. The number of ether oxygens (including phenoxy) is 1. The second kappa shape index (κ2) is 6.20. The Kier molecular flexibility index (Phi) is 4.94. The third-order valence-corrected chi connectivity index (χ3v) is 2.47. The Morgan fingerprint density at radius 3 is 2.39 bits per heavy atom. The second-order valence-corrected chi connectivity index (χ2v) is 5.48. The summed E-state index contributed by atoms with van der Waals surface area (Å²) in [5.74, 6) is -3.17. The Morgan fingerprint density at radius 2 is 2.00 bits per heavy atom. The lowest BCUT2D eigenvalue weighted by molar-refractivity contribution is -0.385. The number of rotatable bonds is 3. The van der Waals surface area contributed by atoms with Crippen LogP contribution in [0.4, 0.5) is 18.9 Å². The van der Waals surface area contributed by atoms with Gasteiger partial charge in [-0.05, 0) is 20.8 Å². The summed E-state index contributed by atoms with van der Waals surface area (Å²) in [6, 6.07) is 1.63. The van der Waals surface area contributed by atoms with Gasteiger partial charge in [0.1, 0.15) is 11.8 Å². The largest absolute Gasteiger partial charge is 0.459 e. The highest BCUT2D eigenvalue weighted by molar-refractivity contribution is 5.81. The van der Waals surface area contributed by atoms with Gasteiger partial charge in [-0.15, -0.1) is 0 Å². The number of esters is 1. The van der Waals surface area contributed by atoms with Crippen molar-refractivity contribution in [3.63, 3.8) is 0 Å². The molecule has 0 saturated carbocycles. The Morgan fingerprint density at radius 1 is 1.43 bits per heavy atom. The van der Waals surface area contributed by atoms with E-state index < -0.39 is 45.5 Å². The fourth-order valence-corrected chi connectivity index (χ4v) is 1.61. The van der Waals surface area contributed by atoms with Crippen molar-refractivity contribution in [2.24, 2.45) is 0 Å². The minimum atomic E-state index is -5.02. The van der Waals surface area contributed by atoms with Crippen molar-refractivity contribution < 1.29 is 27.6 Å². The van der Waals surface area contributed by atoms with E-state index in [9.17, 15) is 28.1 Å². The van der Waals surface area contributed by atoms with Crippen LogP contribution in [0.5, 0.6) is 0 Å². The normalized spacial score (nSPS) is 13.1. The van der Waals surface area contributed by atoms with E-state index in [-0.39, 0.29) is 6.07 Å². The lowest BCUT2D eigenvalue weighted by atomic mass is 10.00. The van der Waals surface area contributed by atoms with Gasteiger partial charge in [-0.1, -0.05) is 0 Å². The van der Waals surface area contributed by atoms with Crippen molar-refractivity contribution in [1.29, 1.82) is 5.26 Å². The number of carbonyl (C=O) groups excluding carboxylic acids is 1. The van der Waals surface area contributed by atoms with Gasteiger partial charge in [-0.25, -0.2) is 0 Å². The van der Waals surface area contributed by atoms with Gasteiger partial charge < -0.3 is 4.74 Å². The van der Waals surface area contributed by atoms with E-state index in [4.69, 9.17) is 10.00 Å². The Labute approximate surface area is 128 Å². The first-order valence-corrected chi connectivity index (χ1v) is 6.21. The van der Waals surface area contributed by atoms with E-state index in [1.807, 2.05) is 0 Å². The number of alkyl halides is 3. The van der Waals surface area contributed by atoms with Crippen LogP contribution < -0.4 is 0 Å². The summed E-state index contributed by atoms with van der Waals surface area (Å²) in [6.45, 7) is 4.44. The molecule has 0 radical (unpaired) electrons. The van der Waals surface area contributed by atoms with Crippen LogP contribution in [0.15, 0.2) is 12.3 Å². The van der Waals surface area contributed by atoms with Gasteiger partial charge in [0.05, 0.1) is 22.2 Å². The number of hydrogen-bond donors (Lipinski definition) is 0. The SMILES string of the molecule is CC(C)(C)OC(=O)C(C#N)c1ncc([N+](=O)[O-])cc1C(F)(F)F. The smallest absolute Gasteiger partial charge is 0.418 e. The highest BCUT2D eigenvalue weighted by atomic mass is 19.4. The van der Waals surface area contributed by atoms with E-state index in [0.717, 1.165) is 0 Å². The lowest BCUT2D eigenvalue weighted by Gasteiger charge is -2.22. The molecular formula is C13H12F3N3O4. The summed E-state index contributed by atoms with van der Waals surface area (Å²) in [7, 11) is 0. The molecule has 10 heteroatoms. The number of pyridine rings is 1. The number of nitriles is 1. The van der Waals surface area contributed by atoms with Crippen LogP contribution in [-0.2, 0) is 15.7 Å². The van der Waals surface area contributed by atoms with E-state index in [1.54, 1.807) is 0 Å². The fourth-order valence-electron chi connectivity index (χ4n) is 1.61. The molecule has 1 aromatic rings. The van der Waals surface area contributed by atoms with Gasteiger partial charge in [0, 0.05) is 6.07 Å². The quantitative estimate of drug-likeness (QED) is 0.479. The first-order chi connectivity index (χ1) is 10.4. The van der Waals surface area contributed by atoms with E-state index in [0.29, 0.717) is 6.20 Å². The van der Waals surface area contributed by atoms with Gasteiger partial charge >= 0.3 is 12.1 Å². The van der Waals surface area contributed by atoms with Crippen LogP contribution in [0.25, 0.3) is 0 Å². The maximum atomic E-state index is 13.1. The fraction of sp³-hybridized carbons (Fsp3) is 0.462. The molecule has 1 atom stereocenters. The van der Waals surface area contributed by atoms with Crippen molar-refractivity contribution in [3.05, 3.63) is 33.6 Å². The molecule has 0 fully saturated rings. The maximum absolute atomic E-state index is 13.1. The van der Waals surface area contributed by atoms with Gasteiger partial charge in [0.25, 0.3) is 5.69 Å². The zero-order chi connectivity index (χ0) is 18.0. The van der Waals surface area contributed by atoms with Crippen molar-refractivity contribution in [1.82, 2.24) is 4.98 Å². The molecule has 0 amide bonds. The maximum Gasteiger partial charge on any atom is 0.418 e. The third kappa shape index (κ3) is 4.64. The molecule has 0 N–H and O–H groups in total. The zero-order valence-electron chi connectivity index (χ0n) is 12.3. The minimum Gasteiger partial charge on any atom is -0.459 e. The number of nitro groups is 1. The summed E-state index contributed by atoms with van der Waals surface area (Å²) in [5.41, 5.74) is -4.38. The predicted octanol–water partition coefficient (Wildman–Crippen LogP) is 2.96. The zero-order valence-corrected chi connectivity index (χ0v) is 12.3. The van der Waals surface area contributed by atoms with Crippen LogP contribution >= 0.6 is 0 Å². The summed E-state index contributed by atoms with van der Waals surface area (Å²) < 4.78 is 44.1. The van der Waals surface area contributed by atoms with Gasteiger partial charge in [-0.2, -0.15) is 18.4 Å². The molecule has 1 unspecified atom stereocenters. The summed E-state index contributed by atoms with van der Waals surface area (Å²) in [4.78, 5) is 24.7. The second-order valence-electron chi connectivity index (χ2n) is 5.48. The molecule has 0 aromatic carbocycles. The van der Waals surface area contributed by atoms with Crippen molar-refractivity contribution >= 4 is 11.7 Å². The average Bonchev–Trinajstić information content (AvgIpc) is 2.36. The Hall–Kier alpha value is -2.70. The molecular weight excluding hydrogens is 319 g/mol. The molecule has 23 heavy (non-hydrogen) atoms. The molecule has 0 bridgehead atoms. The van der Waals surface area contributed by atoms with Crippen LogP contribution in [0.3, 0.4) is 0 Å². The molecule has 0 aliphatic rings. The van der Waals surface area contributed by atoms with Crippen molar-refractivity contribution in [2.45, 2.75) is 38.5 Å². The number of hydrogen-bond acceptors (Lipinski definition) is 6.